The summed E-state index contributed by atoms with van der Waals surface area (Å²) in [6, 6.07) is 15.2. The lowest BCUT2D eigenvalue weighted by Gasteiger charge is -2.20. The molecule has 0 aliphatic carbocycles. The fourth-order valence-electron chi connectivity index (χ4n) is 3.03. The number of non-ortho nitro benzene ring substituents is 1. The molecule has 3 aromatic rings. The van der Waals surface area contributed by atoms with E-state index in [9.17, 15) is 14.9 Å². The topological polar surface area (TPSA) is 111 Å². The maximum absolute atomic E-state index is 12.6. The minimum atomic E-state index is -0.512. The Morgan fingerprint density at radius 1 is 1.17 bits per heavy atom. The molecule has 30 heavy (non-hydrogen) atoms. The van der Waals surface area contributed by atoms with Crippen molar-refractivity contribution in [3.63, 3.8) is 0 Å². The van der Waals surface area contributed by atoms with Crippen molar-refractivity contribution < 1.29 is 14.2 Å². The summed E-state index contributed by atoms with van der Waals surface area (Å²) in [4.78, 5) is 27.5. The van der Waals surface area contributed by atoms with Crippen molar-refractivity contribution in [3.8, 4) is 11.4 Å². The first-order valence-electron chi connectivity index (χ1n) is 9.63. The number of rotatable bonds is 7. The van der Waals surface area contributed by atoms with Crippen LogP contribution in [0.3, 0.4) is 0 Å². The van der Waals surface area contributed by atoms with Gasteiger partial charge in [-0.05, 0) is 11.0 Å². The number of aromatic nitrogens is 2. The molecule has 0 radical (unpaired) electrons. The summed E-state index contributed by atoms with van der Waals surface area (Å²) in [7, 11) is 0. The van der Waals surface area contributed by atoms with Gasteiger partial charge in [0.25, 0.3) is 5.69 Å². The van der Waals surface area contributed by atoms with Gasteiger partial charge in [-0.25, -0.2) is 0 Å². The second-order valence-electron chi connectivity index (χ2n) is 8.31. The number of benzene rings is 2. The molecule has 156 valence electrons. The highest BCUT2D eigenvalue weighted by atomic mass is 16.6. The van der Waals surface area contributed by atoms with E-state index in [2.05, 4.69) is 15.5 Å². The van der Waals surface area contributed by atoms with Gasteiger partial charge >= 0.3 is 0 Å². The minimum absolute atomic E-state index is 0.0573. The normalized spacial score (nSPS) is 12.4. The van der Waals surface area contributed by atoms with E-state index in [4.69, 9.17) is 4.52 Å². The molecule has 0 saturated carbocycles. The molecule has 1 unspecified atom stereocenters. The fraction of sp³-hybridized carbons (Fsp3) is 0.318. The number of hydrogen-bond donors (Lipinski definition) is 1. The monoisotopic (exact) mass is 408 g/mol. The van der Waals surface area contributed by atoms with Crippen molar-refractivity contribution in [1.29, 1.82) is 0 Å². The molecule has 1 aromatic heterocycles. The van der Waals surface area contributed by atoms with E-state index < -0.39 is 11.0 Å². The summed E-state index contributed by atoms with van der Waals surface area (Å²) in [5.74, 6) is 0.373. The lowest BCUT2D eigenvalue weighted by atomic mass is 9.91. The van der Waals surface area contributed by atoms with Crippen LogP contribution in [0.15, 0.2) is 59.1 Å². The Kier molecular flexibility index (Phi) is 6.25. The molecule has 0 aliphatic rings. The highest BCUT2D eigenvalue weighted by molar-refractivity contribution is 5.77. The summed E-state index contributed by atoms with van der Waals surface area (Å²) in [5, 5.41) is 18.0. The SMILES string of the molecule is CC(C)(C)CC(=O)NC(Cc1ccccc1)c1nc(-c2cccc([N+](=O)[O-])c2)no1. The van der Waals surface area contributed by atoms with Crippen molar-refractivity contribution in [2.75, 3.05) is 0 Å². The van der Waals surface area contributed by atoms with Crippen molar-refractivity contribution in [2.24, 2.45) is 5.41 Å². The van der Waals surface area contributed by atoms with Crippen LogP contribution in [0.4, 0.5) is 5.69 Å². The number of nitro benzene ring substituents is 1. The van der Waals surface area contributed by atoms with E-state index >= 15 is 0 Å². The van der Waals surface area contributed by atoms with Gasteiger partial charge in [-0.2, -0.15) is 4.98 Å². The first kappa shape index (κ1) is 21.2. The molecule has 8 heteroatoms. The van der Waals surface area contributed by atoms with Gasteiger partial charge in [-0.3, -0.25) is 14.9 Å². The molecule has 0 spiro atoms. The standard InChI is InChI=1S/C22H24N4O4/c1-22(2,3)14-19(27)23-18(12-15-8-5-4-6-9-15)21-24-20(25-30-21)16-10-7-11-17(13-16)26(28)29/h4-11,13,18H,12,14H2,1-3H3,(H,23,27). The summed E-state index contributed by atoms with van der Waals surface area (Å²) in [5.41, 5.74) is 1.26. The molecule has 1 N–H and O–H groups in total. The van der Waals surface area contributed by atoms with Gasteiger partial charge in [-0.1, -0.05) is 68.4 Å². The maximum Gasteiger partial charge on any atom is 0.270 e. The summed E-state index contributed by atoms with van der Waals surface area (Å²) < 4.78 is 5.44. The van der Waals surface area contributed by atoms with Gasteiger partial charge in [0, 0.05) is 30.5 Å². The van der Waals surface area contributed by atoms with Gasteiger partial charge in [0.2, 0.25) is 17.6 Å². The average Bonchev–Trinajstić information content (AvgIpc) is 3.17. The molecule has 0 bridgehead atoms. The zero-order valence-electron chi connectivity index (χ0n) is 17.2. The minimum Gasteiger partial charge on any atom is -0.344 e. The quantitative estimate of drug-likeness (QED) is 0.456. The van der Waals surface area contributed by atoms with Gasteiger partial charge in [-0.15, -0.1) is 0 Å². The van der Waals surface area contributed by atoms with E-state index in [1.807, 2.05) is 51.1 Å². The summed E-state index contributed by atoms with van der Waals surface area (Å²) in [6.45, 7) is 5.98. The Morgan fingerprint density at radius 2 is 1.90 bits per heavy atom. The van der Waals surface area contributed by atoms with E-state index in [1.54, 1.807) is 12.1 Å². The highest BCUT2D eigenvalue weighted by Gasteiger charge is 2.25. The predicted octanol–water partition coefficient (Wildman–Crippen LogP) is 4.48. The van der Waals surface area contributed by atoms with Crippen LogP contribution in [0.2, 0.25) is 0 Å². The van der Waals surface area contributed by atoms with Crippen molar-refractivity contribution in [3.05, 3.63) is 76.2 Å². The zero-order chi connectivity index (χ0) is 21.7. The number of nitro groups is 1. The zero-order valence-corrected chi connectivity index (χ0v) is 17.2. The number of carbonyl (C=O) groups is 1. The lowest BCUT2D eigenvalue weighted by molar-refractivity contribution is -0.384. The predicted molar refractivity (Wildman–Crippen MR) is 111 cm³/mol. The third-order valence-electron chi connectivity index (χ3n) is 4.36. The first-order valence-corrected chi connectivity index (χ1v) is 9.63. The Bertz CT molecular complexity index is 1020. The van der Waals surface area contributed by atoms with E-state index in [0.29, 0.717) is 18.4 Å². The summed E-state index contributed by atoms with van der Waals surface area (Å²) >= 11 is 0. The Labute approximate surface area is 174 Å². The number of hydrogen-bond acceptors (Lipinski definition) is 6. The third-order valence-corrected chi connectivity index (χ3v) is 4.36. The second kappa shape index (κ2) is 8.86. The third kappa shape index (κ3) is 5.73. The Balaban J connectivity index is 1.87. The maximum atomic E-state index is 12.6. The second-order valence-corrected chi connectivity index (χ2v) is 8.31. The Hall–Kier alpha value is -3.55. The first-order chi connectivity index (χ1) is 14.2. The number of amides is 1. The molecular weight excluding hydrogens is 384 g/mol. The lowest BCUT2D eigenvalue weighted by Crippen LogP contribution is -2.32. The van der Waals surface area contributed by atoms with Crippen LogP contribution >= 0.6 is 0 Å². The van der Waals surface area contributed by atoms with Crippen molar-refractivity contribution in [1.82, 2.24) is 15.5 Å². The van der Waals surface area contributed by atoms with Gasteiger partial charge in [0.05, 0.1) is 4.92 Å². The molecule has 0 fully saturated rings. The molecule has 1 heterocycles. The number of carbonyl (C=O) groups excluding carboxylic acids is 1. The van der Waals surface area contributed by atoms with Crippen LogP contribution < -0.4 is 5.32 Å². The van der Waals surface area contributed by atoms with Gasteiger partial charge in [0.15, 0.2) is 0 Å². The molecule has 0 saturated heterocycles. The molecule has 0 aliphatic heterocycles. The van der Waals surface area contributed by atoms with Crippen LogP contribution in [0.1, 0.15) is 44.7 Å². The molecule has 3 rings (SSSR count). The highest BCUT2D eigenvalue weighted by Crippen LogP contribution is 2.25. The van der Waals surface area contributed by atoms with Crippen LogP contribution in [-0.4, -0.2) is 21.0 Å². The number of nitrogens with one attached hydrogen (secondary N) is 1. The molecule has 2 aromatic carbocycles. The largest absolute Gasteiger partial charge is 0.344 e. The summed E-state index contributed by atoms with van der Waals surface area (Å²) in [6.07, 6.45) is 0.831. The van der Waals surface area contributed by atoms with Crippen LogP contribution in [0, 0.1) is 15.5 Å². The van der Waals surface area contributed by atoms with Crippen LogP contribution in [-0.2, 0) is 11.2 Å². The molecule has 1 amide bonds. The van der Waals surface area contributed by atoms with Crippen molar-refractivity contribution in [2.45, 2.75) is 39.7 Å². The van der Waals surface area contributed by atoms with E-state index in [0.717, 1.165) is 5.56 Å². The van der Waals surface area contributed by atoms with Crippen LogP contribution in [0.5, 0.6) is 0 Å². The molecule has 1 atom stereocenters. The Morgan fingerprint density at radius 3 is 2.57 bits per heavy atom. The smallest absolute Gasteiger partial charge is 0.270 e. The van der Waals surface area contributed by atoms with Gasteiger partial charge < -0.3 is 9.84 Å². The fourth-order valence-corrected chi connectivity index (χ4v) is 3.03. The van der Waals surface area contributed by atoms with Crippen molar-refractivity contribution >= 4 is 11.6 Å². The van der Waals surface area contributed by atoms with E-state index in [1.165, 1.54) is 12.1 Å². The average molecular weight is 408 g/mol. The molecular formula is C22H24N4O4. The van der Waals surface area contributed by atoms with Gasteiger partial charge in [0.1, 0.15) is 6.04 Å². The van der Waals surface area contributed by atoms with Crippen LogP contribution in [0.25, 0.3) is 11.4 Å². The number of nitrogens with zero attached hydrogens (tertiary/aromatic N) is 3. The molecule has 8 nitrogen and oxygen atoms in total. The van der Waals surface area contributed by atoms with E-state index in [-0.39, 0.29) is 28.7 Å².